The van der Waals surface area contributed by atoms with Crippen molar-refractivity contribution < 1.29 is 4.79 Å². The third kappa shape index (κ3) is 0.826. The molecule has 1 amide bonds. The summed E-state index contributed by atoms with van der Waals surface area (Å²) in [5.74, 6) is 0.0931. The van der Waals surface area contributed by atoms with Crippen LogP contribution in [0.5, 0.6) is 0 Å². The van der Waals surface area contributed by atoms with E-state index in [9.17, 15) is 4.79 Å². The summed E-state index contributed by atoms with van der Waals surface area (Å²) < 4.78 is 0. The molecule has 0 atom stereocenters. The van der Waals surface area contributed by atoms with Gasteiger partial charge in [-0.05, 0) is 18.6 Å². The number of aromatic nitrogens is 1. The highest BCUT2D eigenvalue weighted by Gasteiger charge is 2.26. The number of hydrogen-bond donors (Lipinski definition) is 0. The van der Waals surface area contributed by atoms with E-state index in [1.165, 1.54) is 0 Å². The van der Waals surface area contributed by atoms with Crippen molar-refractivity contribution in [3.63, 3.8) is 0 Å². The lowest BCUT2D eigenvalue weighted by molar-refractivity contribution is 0.0816. The maximum atomic E-state index is 11.5. The molecular formula is C9H10N2O. The van der Waals surface area contributed by atoms with E-state index in [2.05, 4.69) is 4.98 Å². The van der Waals surface area contributed by atoms with Crippen molar-refractivity contribution in [1.82, 2.24) is 9.88 Å². The Kier molecular flexibility index (Phi) is 1.40. The van der Waals surface area contributed by atoms with Gasteiger partial charge in [0.2, 0.25) is 0 Å². The molecule has 0 spiro atoms. The van der Waals surface area contributed by atoms with Crippen LogP contribution in [0.1, 0.15) is 21.6 Å². The lowest BCUT2D eigenvalue weighted by Gasteiger charge is -2.04. The molecule has 0 saturated carbocycles. The number of pyridine rings is 1. The van der Waals surface area contributed by atoms with Gasteiger partial charge in [0.15, 0.2) is 0 Å². The predicted octanol–water partition coefficient (Wildman–Crippen LogP) is 0.976. The molecule has 0 unspecified atom stereocenters. The first-order valence-corrected chi connectivity index (χ1v) is 3.90. The van der Waals surface area contributed by atoms with Crippen LogP contribution in [0.15, 0.2) is 12.3 Å². The topological polar surface area (TPSA) is 33.2 Å². The quantitative estimate of drug-likeness (QED) is 0.569. The molecule has 0 saturated heterocycles. The van der Waals surface area contributed by atoms with E-state index in [1.54, 1.807) is 18.1 Å². The normalized spacial score (nSPS) is 15.2. The Balaban J connectivity index is 2.62. The van der Waals surface area contributed by atoms with Crippen molar-refractivity contribution in [2.24, 2.45) is 0 Å². The zero-order chi connectivity index (χ0) is 8.72. The molecule has 1 aromatic heterocycles. The Labute approximate surface area is 71.0 Å². The molecule has 2 heterocycles. The molecule has 3 nitrogen and oxygen atoms in total. The van der Waals surface area contributed by atoms with Crippen LogP contribution in [0.2, 0.25) is 0 Å². The second-order valence-corrected chi connectivity index (χ2v) is 3.11. The standard InChI is InChI=1S/C9H10N2O/c1-6-3-4-10-7-5-11(2)9(12)8(6)7/h3-4H,5H2,1-2H3. The van der Waals surface area contributed by atoms with E-state index >= 15 is 0 Å². The van der Waals surface area contributed by atoms with Gasteiger partial charge < -0.3 is 4.90 Å². The number of fused-ring (bicyclic) bond motifs is 1. The Morgan fingerprint density at radius 3 is 3.00 bits per heavy atom. The minimum Gasteiger partial charge on any atom is -0.336 e. The third-order valence-corrected chi connectivity index (χ3v) is 2.19. The number of nitrogens with zero attached hydrogens (tertiary/aromatic N) is 2. The van der Waals surface area contributed by atoms with Crippen molar-refractivity contribution in [3.05, 3.63) is 29.1 Å². The second kappa shape index (κ2) is 2.30. The smallest absolute Gasteiger partial charge is 0.256 e. The Morgan fingerprint density at radius 2 is 2.33 bits per heavy atom. The van der Waals surface area contributed by atoms with Crippen LogP contribution in [0.3, 0.4) is 0 Å². The molecule has 1 aliphatic heterocycles. The van der Waals surface area contributed by atoms with E-state index in [0.717, 1.165) is 16.8 Å². The van der Waals surface area contributed by atoms with Gasteiger partial charge in [-0.25, -0.2) is 0 Å². The first-order chi connectivity index (χ1) is 5.70. The molecular weight excluding hydrogens is 152 g/mol. The average molecular weight is 162 g/mol. The lowest BCUT2D eigenvalue weighted by atomic mass is 10.1. The van der Waals surface area contributed by atoms with Gasteiger partial charge in [0, 0.05) is 13.2 Å². The molecule has 12 heavy (non-hydrogen) atoms. The molecule has 0 aromatic carbocycles. The second-order valence-electron chi connectivity index (χ2n) is 3.11. The van der Waals surface area contributed by atoms with E-state index in [-0.39, 0.29) is 5.91 Å². The Bertz CT molecular complexity index is 346. The van der Waals surface area contributed by atoms with Gasteiger partial charge >= 0.3 is 0 Å². The van der Waals surface area contributed by atoms with Gasteiger partial charge in [-0.1, -0.05) is 0 Å². The molecule has 2 rings (SSSR count). The summed E-state index contributed by atoms with van der Waals surface area (Å²) in [6, 6.07) is 1.87. The number of rotatable bonds is 0. The van der Waals surface area contributed by atoms with Crippen molar-refractivity contribution in [1.29, 1.82) is 0 Å². The van der Waals surface area contributed by atoms with Crippen LogP contribution in [-0.4, -0.2) is 22.8 Å². The van der Waals surface area contributed by atoms with Crippen LogP contribution in [0.25, 0.3) is 0 Å². The molecule has 0 aliphatic carbocycles. The number of carbonyl (C=O) groups is 1. The molecule has 0 radical (unpaired) electrons. The highest BCUT2D eigenvalue weighted by Crippen LogP contribution is 2.21. The van der Waals surface area contributed by atoms with Gasteiger partial charge in [-0.2, -0.15) is 0 Å². The number of amides is 1. The number of hydrogen-bond acceptors (Lipinski definition) is 2. The largest absolute Gasteiger partial charge is 0.336 e. The van der Waals surface area contributed by atoms with E-state index in [4.69, 9.17) is 0 Å². The maximum Gasteiger partial charge on any atom is 0.256 e. The highest BCUT2D eigenvalue weighted by molar-refractivity contribution is 5.98. The average Bonchev–Trinajstić information content (AvgIpc) is 2.29. The summed E-state index contributed by atoms with van der Waals surface area (Å²) in [7, 11) is 1.80. The zero-order valence-electron chi connectivity index (χ0n) is 7.16. The highest BCUT2D eigenvalue weighted by atomic mass is 16.2. The summed E-state index contributed by atoms with van der Waals surface area (Å²) in [5, 5.41) is 0. The van der Waals surface area contributed by atoms with Gasteiger partial charge in [-0.15, -0.1) is 0 Å². The van der Waals surface area contributed by atoms with Crippen molar-refractivity contribution in [2.75, 3.05) is 7.05 Å². The van der Waals surface area contributed by atoms with Crippen molar-refractivity contribution in [2.45, 2.75) is 13.5 Å². The predicted molar refractivity (Wildman–Crippen MR) is 44.8 cm³/mol. The van der Waals surface area contributed by atoms with Gasteiger partial charge in [0.05, 0.1) is 17.8 Å². The molecule has 62 valence electrons. The molecule has 0 bridgehead atoms. The molecule has 0 N–H and O–H groups in total. The monoisotopic (exact) mass is 162 g/mol. The number of carbonyl (C=O) groups excluding carboxylic acids is 1. The van der Waals surface area contributed by atoms with Gasteiger partial charge in [0.25, 0.3) is 5.91 Å². The van der Waals surface area contributed by atoms with Crippen molar-refractivity contribution in [3.8, 4) is 0 Å². The van der Waals surface area contributed by atoms with Crippen molar-refractivity contribution >= 4 is 5.91 Å². The molecule has 1 aliphatic rings. The summed E-state index contributed by atoms with van der Waals surface area (Å²) in [6.45, 7) is 2.59. The van der Waals surface area contributed by atoms with E-state index in [1.807, 2.05) is 13.0 Å². The molecule has 0 fully saturated rings. The van der Waals surface area contributed by atoms with Gasteiger partial charge in [-0.3, -0.25) is 9.78 Å². The lowest BCUT2D eigenvalue weighted by Crippen LogP contribution is -2.17. The van der Waals surface area contributed by atoms with Crippen LogP contribution in [0, 0.1) is 6.92 Å². The maximum absolute atomic E-state index is 11.5. The summed E-state index contributed by atoms with van der Waals surface area (Å²) >= 11 is 0. The van der Waals surface area contributed by atoms with E-state index in [0.29, 0.717) is 6.54 Å². The van der Waals surface area contributed by atoms with Crippen LogP contribution < -0.4 is 0 Å². The van der Waals surface area contributed by atoms with Crippen LogP contribution >= 0.6 is 0 Å². The fourth-order valence-corrected chi connectivity index (χ4v) is 1.51. The van der Waals surface area contributed by atoms with Crippen LogP contribution in [0.4, 0.5) is 0 Å². The van der Waals surface area contributed by atoms with E-state index < -0.39 is 0 Å². The number of aryl methyl sites for hydroxylation is 1. The summed E-state index contributed by atoms with van der Waals surface area (Å²) in [5.41, 5.74) is 2.72. The summed E-state index contributed by atoms with van der Waals surface area (Å²) in [4.78, 5) is 17.3. The first kappa shape index (κ1) is 7.28. The Hall–Kier alpha value is -1.38. The molecule has 1 aromatic rings. The third-order valence-electron chi connectivity index (χ3n) is 2.19. The van der Waals surface area contributed by atoms with Crippen LogP contribution in [-0.2, 0) is 6.54 Å². The Morgan fingerprint density at radius 1 is 1.58 bits per heavy atom. The fraction of sp³-hybridized carbons (Fsp3) is 0.333. The minimum absolute atomic E-state index is 0.0931. The summed E-state index contributed by atoms with van der Waals surface area (Å²) in [6.07, 6.45) is 1.75. The SMILES string of the molecule is Cc1ccnc2c1C(=O)N(C)C2. The minimum atomic E-state index is 0.0931. The fourth-order valence-electron chi connectivity index (χ4n) is 1.51. The zero-order valence-corrected chi connectivity index (χ0v) is 7.16. The first-order valence-electron chi connectivity index (χ1n) is 3.90. The molecule has 3 heteroatoms. The van der Waals surface area contributed by atoms with Gasteiger partial charge in [0.1, 0.15) is 0 Å².